The quantitative estimate of drug-likeness (QED) is 0.857. The number of rotatable bonds is 3. The van der Waals surface area contributed by atoms with Crippen molar-refractivity contribution in [2.24, 2.45) is 0 Å². The van der Waals surface area contributed by atoms with Crippen LogP contribution >= 0.6 is 0 Å². The lowest BCUT2D eigenvalue weighted by molar-refractivity contribution is 0.00459. The van der Waals surface area contributed by atoms with E-state index >= 15 is 0 Å². The van der Waals surface area contributed by atoms with Crippen molar-refractivity contribution < 1.29 is 14.3 Å². The largest absolute Gasteiger partial charge is 0.444 e. The highest BCUT2D eigenvalue weighted by Crippen LogP contribution is 2.18. The van der Waals surface area contributed by atoms with Crippen LogP contribution in [-0.2, 0) is 11.3 Å². The lowest BCUT2D eigenvalue weighted by atomic mass is 10.1. The number of nitrogens with zero attached hydrogens (tertiary/aromatic N) is 2. The number of carbonyl (C=O) groups is 2. The first-order valence-corrected chi connectivity index (χ1v) is 9.97. The Balaban J connectivity index is 1.97. The van der Waals surface area contributed by atoms with Crippen molar-refractivity contribution in [2.45, 2.75) is 72.2 Å². The average molecular weight is 390 g/mol. The van der Waals surface area contributed by atoms with Crippen molar-refractivity contribution in [1.29, 1.82) is 0 Å². The highest BCUT2D eigenvalue weighted by Gasteiger charge is 2.29. The Morgan fingerprint density at radius 2 is 1.82 bits per heavy atom. The van der Waals surface area contributed by atoms with E-state index in [1.54, 1.807) is 4.90 Å². The second-order valence-electron chi connectivity index (χ2n) is 9.65. The Kier molecular flexibility index (Phi) is 6.75. The van der Waals surface area contributed by atoms with E-state index in [0.717, 1.165) is 18.7 Å². The van der Waals surface area contributed by atoms with Crippen LogP contribution < -0.4 is 5.32 Å². The molecule has 1 N–H and O–H groups in total. The van der Waals surface area contributed by atoms with Crippen molar-refractivity contribution in [3.05, 3.63) is 35.4 Å². The lowest BCUT2D eigenvalue weighted by Gasteiger charge is -2.40. The van der Waals surface area contributed by atoms with Gasteiger partial charge in [0, 0.05) is 43.3 Å². The van der Waals surface area contributed by atoms with Crippen LogP contribution in [0.15, 0.2) is 24.3 Å². The summed E-state index contributed by atoms with van der Waals surface area (Å²) in [6, 6.07) is 7.98. The summed E-state index contributed by atoms with van der Waals surface area (Å²) in [5, 5.41) is 3.00. The molecule has 1 heterocycles. The molecule has 156 valence electrons. The standard InChI is InChI=1S/C22H35N3O3/c1-16-14-25(20(27)28-22(5,6)7)12-11-24(16)15-17-9-8-10-18(13-17)19(26)23-21(2,3)4/h8-10,13,16H,11-12,14-15H2,1-7H3,(H,23,26). The summed E-state index contributed by atoms with van der Waals surface area (Å²) >= 11 is 0. The van der Waals surface area contributed by atoms with E-state index in [1.165, 1.54) is 0 Å². The maximum absolute atomic E-state index is 12.4. The van der Waals surface area contributed by atoms with Crippen molar-refractivity contribution in [2.75, 3.05) is 19.6 Å². The summed E-state index contributed by atoms with van der Waals surface area (Å²) in [6.45, 7) is 16.5. The third-order valence-electron chi connectivity index (χ3n) is 4.48. The minimum Gasteiger partial charge on any atom is -0.444 e. The molecule has 1 aromatic rings. The van der Waals surface area contributed by atoms with E-state index in [1.807, 2.05) is 65.8 Å². The molecule has 6 heteroatoms. The maximum atomic E-state index is 12.4. The number of benzene rings is 1. The van der Waals surface area contributed by atoms with Gasteiger partial charge in [-0.1, -0.05) is 12.1 Å². The van der Waals surface area contributed by atoms with Gasteiger partial charge in [-0.15, -0.1) is 0 Å². The fraction of sp³-hybridized carbons (Fsp3) is 0.636. The van der Waals surface area contributed by atoms with E-state index in [2.05, 4.69) is 17.1 Å². The number of nitrogens with one attached hydrogen (secondary N) is 1. The van der Waals surface area contributed by atoms with E-state index in [-0.39, 0.29) is 23.6 Å². The molecule has 0 bridgehead atoms. The maximum Gasteiger partial charge on any atom is 0.410 e. The van der Waals surface area contributed by atoms with E-state index in [0.29, 0.717) is 18.7 Å². The molecule has 1 aliphatic rings. The highest BCUT2D eigenvalue weighted by atomic mass is 16.6. The Bertz CT molecular complexity index is 704. The molecule has 1 aliphatic heterocycles. The zero-order valence-corrected chi connectivity index (χ0v) is 18.3. The van der Waals surface area contributed by atoms with Crippen LogP contribution in [0.2, 0.25) is 0 Å². The molecule has 1 atom stereocenters. The van der Waals surface area contributed by atoms with Gasteiger partial charge in [0.05, 0.1) is 0 Å². The molecule has 0 spiro atoms. The second kappa shape index (κ2) is 8.52. The van der Waals surface area contributed by atoms with Gasteiger partial charge < -0.3 is 15.0 Å². The number of ether oxygens (including phenoxy) is 1. The fourth-order valence-corrected chi connectivity index (χ4v) is 3.18. The molecule has 0 saturated carbocycles. The monoisotopic (exact) mass is 389 g/mol. The molecule has 0 radical (unpaired) electrons. The summed E-state index contributed by atoms with van der Waals surface area (Å²) < 4.78 is 5.48. The van der Waals surface area contributed by atoms with Crippen molar-refractivity contribution in [1.82, 2.24) is 15.1 Å². The molecule has 6 nitrogen and oxygen atoms in total. The van der Waals surface area contributed by atoms with Crippen LogP contribution in [0.25, 0.3) is 0 Å². The summed E-state index contributed by atoms with van der Waals surface area (Å²) in [5.41, 5.74) is 1.03. The first-order chi connectivity index (χ1) is 12.8. The smallest absolute Gasteiger partial charge is 0.410 e. The van der Waals surface area contributed by atoms with Crippen molar-refractivity contribution in [3.8, 4) is 0 Å². The minimum absolute atomic E-state index is 0.0582. The lowest BCUT2D eigenvalue weighted by Crippen LogP contribution is -2.54. The summed E-state index contributed by atoms with van der Waals surface area (Å²) in [4.78, 5) is 28.8. The van der Waals surface area contributed by atoms with Gasteiger partial charge in [0.15, 0.2) is 0 Å². The number of piperazine rings is 1. The Hall–Kier alpha value is -2.08. The van der Waals surface area contributed by atoms with Crippen molar-refractivity contribution >= 4 is 12.0 Å². The summed E-state index contributed by atoms with van der Waals surface area (Å²) in [5.74, 6) is -0.0582. The van der Waals surface area contributed by atoms with Crippen LogP contribution in [-0.4, -0.2) is 58.6 Å². The van der Waals surface area contributed by atoms with Gasteiger partial charge in [-0.05, 0) is 66.2 Å². The number of hydrogen-bond acceptors (Lipinski definition) is 4. The Morgan fingerprint density at radius 3 is 2.39 bits per heavy atom. The number of carbonyl (C=O) groups excluding carboxylic acids is 2. The molecule has 2 amide bonds. The highest BCUT2D eigenvalue weighted by molar-refractivity contribution is 5.94. The summed E-state index contributed by atoms with van der Waals surface area (Å²) in [6.07, 6.45) is -0.250. The van der Waals surface area contributed by atoms with Gasteiger partial charge >= 0.3 is 6.09 Å². The summed E-state index contributed by atoms with van der Waals surface area (Å²) in [7, 11) is 0. The first kappa shape index (κ1) is 22.2. The third-order valence-corrected chi connectivity index (χ3v) is 4.48. The topological polar surface area (TPSA) is 61.9 Å². The second-order valence-corrected chi connectivity index (χ2v) is 9.65. The van der Waals surface area contributed by atoms with E-state index in [4.69, 9.17) is 4.74 Å². The van der Waals surface area contributed by atoms with Crippen LogP contribution in [0.4, 0.5) is 4.79 Å². The zero-order chi connectivity index (χ0) is 21.1. The normalized spacial score (nSPS) is 18.7. The predicted octanol–water partition coefficient (Wildman–Crippen LogP) is 3.66. The molecule has 28 heavy (non-hydrogen) atoms. The van der Waals surface area contributed by atoms with Crippen LogP contribution in [0.3, 0.4) is 0 Å². The fourth-order valence-electron chi connectivity index (χ4n) is 3.18. The molecule has 1 fully saturated rings. The minimum atomic E-state index is -0.481. The van der Waals surface area contributed by atoms with Crippen LogP contribution in [0, 0.1) is 0 Å². The average Bonchev–Trinajstić information content (AvgIpc) is 2.54. The molecule has 0 aromatic heterocycles. The number of amides is 2. The van der Waals surface area contributed by atoms with Crippen LogP contribution in [0.5, 0.6) is 0 Å². The molecular formula is C22H35N3O3. The Labute approximate surface area is 169 Å². The number of hydrogen-bond donors (Lipinski definition) is 1. The predicted molar refractivity (Wildman–Crippen MR) is 111 cm³/mol. The zero-order valence-electron chi connectivity index (χ0n) is 18.3. The molecule has 1 saturated heterocycles. The van der Waals surface area contributed by atoms with E-state index in [9.17, 15) is 9.59 Å². The van der Waals surface area contributed by atoms with E-state index < -0.39 is 5.60 Å². The van der Waals surface area contributed by atoms with Gasteiger partial charge in [0.2, 0.25) is 0 Å². The SMILES string of the molecule is CC1CN(C(=O)OC(C)(C)C)CCN1Cc1cccc(C(=O)NC(C)(C)C)c1. The molecule has 1 unspecified atom stereocenters. The Morgan fingerprint density at radius 1 is 1.14 bits per heavy atom. The van der Waals surface area contributed by atoms with Gasteiger partial charge in [-0.2, -0.15) is 0 Å². The third kappa shape index (κ3) is 6.82. The van der Waals surface area contributed by atoms with Gasteiger partial charge in [-0.25, -0.2) is 4.79 Å². The molecular weight excluding hydrogens is 354 g/mol. The molecule has 2 rings (SSSR count). The first-order valence-electron chi connectivity index (χ1n) is 9.97. The van der Waals surface area contributed by atoms with Crippen LogP contribution in [0.1, 0.15) is 64.4 Å². The van der Waals surface area contributed by atoms with Gasteiger partial charge in [0.1, 0.15) is 5.60 Å². The van der Waals surface area contributed by atoms with Gasteiger partial charge in [-0.3, -0.25) is 9.69 Å². The molecule has 0 aliphatic carbocycles. The van der Waals surface area contributed by atoms with Gasteiger partial charge in [0.25, 0.3) is 5.91 Å². The van der Waals surface area contributed by atoms with Crippen molar-refractivity contribution in [3.63, 3.8) is 0 Å². The molecule has 1 aromatic carbocycles.